The molecule has 2 aliphatic heterocycles. The summed E-state index contributed by atoms with van der Waals surface area (Å²) in [5.41, 5.74) is 0. The van der Waals surface area contributed by atoms with Crippen molar-refractivity contribution < 1.29 is 38.9 Å². The van der Waals surface area contributed by atoms with Gasteiger partial charge in [-0.3, -0.25) is 24.0 Å². The molecule has 2 bridgehead atoms. The zero-order chi connectivity index (χ0) is 26.0. The van der Waals surface area contributed by atoms with Gasteiger partial charge in [0.25, 0.3) is 0 Å². The fourth-order valence-electron chi connectivity index (χ4n) is 3.60. The number of ether oxygens (including phenoxy) is 1. The molecule has 0 aromatic heterocycles. The monoisotopic (exact) mass is 531 g/mol. The van der Waals surface area contributed by atoms with E-state index in [4.69, 9.17) is 9.84 Å². The lowest BCUT2D eigenvalue weighted by Gasteiger charge is -2.29. The molecule has 5 atom stereocenters. The molecule has 0 radical (unpaired) electrons. The summed E-state index contributed by atoms with van der Waals surface area (Å²) in [6.45, 7) is 3.56. The molecule has 35 heavy (non-hydrogen) atoms. The number of carboxylic acid groups (broad SMARTS) is 1. The number of carbonyl (C=O) groups excluding carboxylic acids is 4. The van der Waals surface area contributed by atoms with E-state index in [0.717, 1.165) is 0 Å². The molecule has 0 spiro atoms. The number of carbonyl (C=O) groups is 5. The minimum absolute atomic E-state index is 0.184. The lowest BCUT2D eigenvalue weighted by molar-refractivity contribution is -0.151. The molecular weight excluding hydrogens is 498 g/mol. The Balaban J connectivity index is 2.46. The van der Waals surface area contributed by atoms with Crippen molar-refractivity contribution in [3.63, 3.8) is 0 Å². The van der Waals surface area contributed by atoms with Crippen molar-refractivity contribution in [3.8, 4) is 0 Å². The number of aliphatic carboxylic acids is 1. The van der Waals surface area contributed by atoms with Crippen molar-refractivity contribution in [1.82, 2.24) is 16.0 Å². The number of amides is 3. The molecule has 196 valence electrons. The second-order valence-electron chi connectivity index (χ2n) is 8.72. The molecule has 0 aliphatic carbocycles. The number of hydrogen-bond donors (Lipinski definition) is 5. The van der Waals surface area contributed by atoms with Crippen LogP contribution in [0.25, 0.3) is 0 Å². The normalized spacial score (nSPS) is 30.6. The van der Waals surface area contributed by atoms with Gasteiger partial charge in [0, 0.05) is 17.9 Å². The molecule has 2 heterocycles. The number of allylic oxidation sites excluding steroid dienone is 1. The average molecular weight is 532 g/mol. The Hall–Kier alpha value is -2.25. The maximum absolute atomic E-state index is 13.1. The molecule has 11 nitrogen and oxygen atoms in total. The third-order valence-corrected chi connectivity index (χ3v) is 7.90. The fraction of sp³-hybridized carbons (Fsp3) is 0.682. The highest BCUT2D eigenvalue weighted by molar-refractivity contribution is 8.76. The average Bonchev–Trinajstić information content (AvgIpc) is 2.76. The number of aliphatic hydroxyl groups excluding tert-OH is 1. The molecule has 2 aliphatic rings. The van der Waals surface area contributed by atoms with E-state index in [2.05, 4.69) is 16.0 Å². The van der Waals surface area contributed by atoms with E-state index in [-0.39, 0.29) is 30.9 Å². The van der Waals surface area contributed by atoms with E-state index in [1.165, 1.54) is 21.6 Å². The smallest absolute Gasteiger partial charge is 0.309 e. The van der Waals surface area contributed by atoms with Crippen LogP contribution in [0.4, 0.5) is 0 Å². The lowest BCUT2D eigenvalue weighted by Crippen LogP contribution is -2.58. The Morgan fingerprint density at radius 3 is 2.54 bits per heavy atom. The van der Waals surface area contributed by atoms with Crippen LogP contribution in [0.3, 0.4) is 0 Å². The maximum Gasteiger partial charge on any atom is 0.309 e. The summed E-state index contributed by atoms with van der Waals surface area (Å²) in [6, 6.07) is -3.00. The minimum Gasteiger partial charge on any atom is -0.481 e. The summed E-state index contributed by atoms with van der Waals surface area (Å²) < 4.78 is 5.43. The van der Waals surface area contributed by atoms with Crippen LogP contribution in [-0.4, -0.2) is 81.7 Å². The van der Waals surface area contributed by atoms with Gasteiger partial charge in [-0.2, -0.15) is 0 Å². The molecule has 0 saturated carbocycles. The van der Waals surface area contributed by atoms with Crippen LogP contribution in [0, 0.1) is 5.92 Å². The summed E-state index contributed by atoms with van der Waals surface area (Å²) in [6.07, 6.45) is 0.579. The summed E-state index contributed by atoms with van der Waals surface area (Å²) >= 11 is 0. The van der Waals surface area contributed by atoms with Crippen molar-refractivity contribution in [2.24, 2.45) is 5.92 Å². The first kappa shape index (κ1) is 29.0. The first-order chi connectivity index (χ1) is 16.6. The van der Waals surface area contributed by atoms with Crippen LogP contribution in [0.15, 0.2) is 12.2 Å². The molecule has 2 rings (SSSR count). The highest BCUT2D eigenvalue weighted by atomic mass is 33.1. The van der Waals surface area contributed by atoms with Crippen LogP contribution in [0.2, 0.25) is 0 Å². The Morgan fingerprint density at radius 2 is 1.86 bits per heavy atom. The number of hydrogen-bond acceptors (Lipinski definition) is 9. The highest BCUT2D eigenvalue weighted by Crippen LogP contribution is 2.24. The third kappa shape index (κ3) is 10.1. The van der Waals surface area contributed by atoms with Crippen molar-refractivity contribution in [2.75, 3.05) is 11.5 Å². The Labute approximate surface area is 212 Å². The number of nitrogens with one attached hydrogen (secondary N) is 3. The highest BCUT2D eigenvalue weighted by Gasteiger charge is 2.33. The van der Waals surface area contributed by atoms with Crippen LogP contribution >= 0.6 is 21.6 Å². The quantitative estimate of drug-likeness (QED) is 0.194. The topological polar surface area (TPSA) is 171 Å². The molecule has 13 heteroatoms. The molecule has 0 aromatic rings. The Morgan fingerprint density at radius 1 is 1.11 bits per heavy atom. The number of aliphatic hydroxyl groups is 1. The summed E-state index contributed by atoms with van der Waals surface area (Å²) in [7, 11) is 2.88. The molecule has 1 fully saturated rings. The van der Waals surface area contributed by atoms with E-state index < -0.39 is 66.4 Å². The standard InChI is InChI=1S/C22H33N3O8S2/c1-12(2)20-16(26)10-19(30)33-13-5-3-4-8-34-35-11-15(22(32)25-20)24-21(31)14(6-7-18(28)29)23-17(27)9-13/h3,5,12-16,20,26H,4,6-11H2,1-2H3,(H,23,27)(H,24,31)(H,25,32)(H,28,29)/b5-3+/t13-,14-,15-,16+,20-/m1/s1. The van der Waals surface area contributed by atoms with Gasteiger partial charge in [-0.05, 0) is 24.8 Å². The van der Waals surface area contributed by atoms with Gasteiger partial charge < -0.3 is 30.9 Å². The van der Waals surface area contributed by atoms with E-state index >= 15 is 0 Å². The van der Waals surface area contributed by atoms with E-state index in [1.54, 1.807) is 26.0 Å². The van der Waals surface area contributed by atoms with Crippen LogP contribution in [-0.2, 0) is 28.7 Å². The number of esters is 1. The van der Waals surface area contributed by atoms with Gasteiger partial charge in [-0.15, -0.1) is 0 Å². The fourth-order valence-corrected chi connectivity index (χ4v) is 5.76. The van der Waals surface area contributed by atoms with Gasteiger partial charge in [-0.1, -0.05) is 41.5 Å². The Bertz CT molecular complexity index is 823. The predicted octanol–water partition coefficient (Wildman–Crippen LogP) is 0.369. The van der Waals surface area contributed by atoms with Crippen LogP contribution in [0.1, 0.15) is 46.0 Å². The Kier molecular flexibility index (Phi) is 11.9. The van der Waals surface area contributed by atoms with Gasteiger partial charge in [0.05, 0.1) is 25.0 Å². The van der Waals surface area contributed by atoms with E-state index in [1.807, 2.05) is 0 Å². The van der Waals surface area contributed by atoms with Gasteiger partial charge in [0.15, 0.2) is 0 Å². The van der Waals surface area contributed by atoms with Gasteiger partial charge in [-0.25, -0.2) is 0 Å². The molecule has 0 unspecified atom stereocenters. The van der Waals surface area contributed by atoms with Crippen molar-refractivity contribution in [1.29, 1.82) is 0 Å². The van der Waals surface area contributed by atoms with Crippen molar-refractivity contribution in [2.45, 2.75) is 76.3 Å². The predicted molar refractivity (Wildman–Crippen MR) is 131 cm³/mol. The zero-order valence-electron chi connectivity index (χ0n) is 19.7. The third-order valence-electron chi connectivity index (χ3n) is 5.46. The SMILES string of the molecule is CC(C)[C@H]1NC(=O)[C@H]2CSSCC/C=C/[C@H](CC(=O)N[C@H](CCC(=O)O)C(=O)N2)OC(=O)C[C@@H]1O. The number of rotatable bonds is 4. The summed E-state index contributed by atoms with van der Waals surface area (Å²) in [4.78, 5) is 62.5. The van der Waals surface area contributed by atoms with Gasteiger partial charge in [0.2, 0.25) is 17.7 Å². The summed E-state index contributed by atoms with van der Waals surface area (Å²) in [5.74, 6) is -3.09. The van der Waals surface area contributed by atoms with Gasteiger partial charge in [0.1, 0.15) is 18.2 Å². The minimum atomic E-state index is -1.25. The van der Waals surface area contributed by atoms with Crippen molar-refractivity contribution >= 4 is 51.2 Å². The second-order valence-corrected chi connectivity index (χ2v) is 11.3. The zero-order valence-corrected chi connectivity index (χ0v) is 21.4. The van der Waals surface area contributed by atoms with Crippen molar-refractivity contribution in [3.05, 3.63) is 12.2 Å². The first-order valence-corrected chi connectivity index (χ1v) is 14.0. The van der Waals surface area contributed by atoms with Gasteiger partial charge >= 0.3 is 11.9 Å². The molecule has 5 N–H and O–H groups in total. The molecule has 1 saturated heterocycles. The number of fused-ring (bicyclic) bond motifs is 7. The summed E-state index contributed by atoms with van der Waals surface area (Å²) in [5, 5.41) is 27.6. The molecule has 0 aromatic carbocycles. The molecular formula is C22H33N3O8S2. The van der Waals surface area contributed by atoms with Crippen LogP contribution in [0.5, 0.6) is 0 Å². The number of carboxylic acids is 1. The lowest BCUT2D eigenvalue weighted by atomic mass is 9.96. The maximum atomic E-state index is 13.1. The largest absolute Gasteiger partial charge is 0.481 e. The van der Waals surface area contributed by atoms with E-state index in [0.29, 0.717) is 12.2 Å². The first-order valence-electron chi connectivity index (χ1n) is 11.5. The molecule has 3 amide bonds. The second kappa shape index (κ2) is 14.3. The van der Waals surface area contributed by atoms with Crippen LogP contribution < -0.4 is 16.0 Å². The van der Waals surface area contributed by atoms with E-state index in [9.17, 15) is 29.1 Å².